The van der Waals surface area contributed by atoms with E-state index in [2.05, 4.69) is 18.2 Å². The molecule has 3 heteroatoms. The van der Waals surface area contributed by atoms with Gasteiger partial charge in [0.05, 0.1) is 6.61 Å². The number of rotatable bonds is 2. The lowest BCUT2D eigenvalue weighted by molar-refractivity contribution is 0.345. The van der Waals surface area contributed by atoms with Crippen molar-refractivity contribution in [1.29, 1.82) is 0 Å². The van der Waals surface area contributed by atoms with Gasteiger partial charge in [0.2, 0.25) is 0 Å². The number of hydrogen-bond acceptors (Lipinski definition) is 2. The van der Waals surface area contributed by atoms with Gasteiger partial charge in [-0.25, -0.2) is 0 Å². The number of fused-ring (bicyclic) bond motifs is 1. The van der Waals surface area contributed by atoms with Gasteiger partial charge in [-0.3, -0.25) is 0 Å². The van der Waals surface area contributed by atoms with E-state index in [0.29, 0.717) is 6.54 Å². The largest absolute Gasteiger partial charge is 0.430 e. The molecule has 0 amide bonds. The third-order valence-corrected chi connectivity index (χ3v) is 2.09. The van der Waals surface area contributed by atoms with Crippen molar-refractivity contribution >= 4 is 12.9 Å². The van der Waals surface area contributed by atoms with Crippen molar-refractivity contribution in [3.63, 3.8) is 0 Å². The van der Waals surface area contributed by atoms with Crippen LogP contribution < -0.4 is 11.2 Å². The minimum Gasteiger partial charge on any atom is -0.430 e. The topological polar surface area (TPSA) is 35.2 Å². The Morgan fingerprint density at radius 3 is 3.25 bits per heavy atom. The first-order valence-electron chi connectivity index (χ1n) is 4.17. The van der Waals surface area contributed by atoms with Gasteiger partial charge >= 0.3 is 7.48 Å². The van der Waals surface area contributed by atoms with E-state index in [1.807, 2.05) is 7.48 Å². The molecule has 1 radical (unpaired) electrons. The molecule has 0 unspecified atom stereocenters. The molecule has 12 heavy (non-hydrogen) atoms. The van der Waals surface area contributed by atoms with Gasteiger partial charge in [-0.2, -0.15) is 0 Å². The molecule has 2 N–H and O–H groups in total. The zero-order valence-corrected chi connectivity index (χ0v) is 6.92. The van der Waals surface area contributed by atoms with E-state index in [1.165, 1.54) is 16.6 Å². The maximum absolute atomic E-state index is 5.46. The molecule has 0 spiro atoms. The Labute approximate surface area is 73.0 Å². The molecule has 1 aromatic rings. The van der Waals surface area contributed by atoms with Gasteiger partial charge in [-0.15, -0.1) is 0 Å². The fraction of sp³-hybridized carbons (Fsp3) is 0.333. The first-order valence-corrected chi connectivity index (χ1v) is 4.17. The summed E-state index contributed by atoms with van der Waals surface area (Å²) in [6, 6.07) is 6.38. The van der Waals surface area contributed by atoms with E-state index < -0.39 is 0 Å². The summed E-state index contributed by atoms with van der Waals surface area (Å²) >= 11 is 0. The number of nitrogens with two attached hydrogens (primary N) is 1. The lowest BCUT2D eigenvalue weighted by atomic mass is 9.86. The van der Waals surface area contributed by atoms with Gasteiger partial charge in [-0.1, -0.05) is 18.2 Å². The highest BCUT2D eigenvalue weighted by atomic mass is 16.4. The summed E-state index contributed by atoms with van der Waals surface area (Å²) < 4.78 is 5.19. The second-order valence-electron chi connectivity index (χ2n) is 3.00. The van der Waals surface area contributed by atoms with Crippen LogP contribution in [0.5, 0.6) is 0 Å². The quantitative estimate of drug-likeness (QED) is 0.616. The standard InChI is InChI=1S/C9H11BNO/c11-4-3-7-1-2-8-6-12-10-9(8)5-7/h1-2,5H,3-4,6,11H2. The van der Waals surface area contributed by atoms with Crippen molar-refractivity contribution in [3.8, 4) is 0 Å². The summed E-state index contributed by atoms with van der Waals surface area (Å²) in [7, 11) is 1.81. The molecule has 0 saturated heterocycles. The summed E-state index contributed by atoms with van der Waals surface area (Å²) in [6.45, 7) is 1.43. The van der Waals surface area contributed by atoms with Crippen molar-refractivity contribution in [2.45, 2.75) is 13.0 Å². The van der Waals surface area contributed by atoms with Gasteiger partial charge in [0, 0.05) is 0 Å². The van der Waals surface area contributed by atoms with E-state index in [1.54, 1.807) is 0 Å². The Kier molecular flexibility index (Phi) is 2.15. The summed E-state index contributed by atoms with van der Waals surface area (Å²) in [4.78, 5) is 0. The summed E-state index contributed by atoms with van der Waals surface area (Å²) in [6.07, 6.45) is 0.946. The highest BCUT2D eigenvalue weighted by molar-refractivity contribution is 6.48. The van der Waals surface area contributed by atoms with Crippen molar-refractivity contribution in [2.75, 3.05) is 6.54 Å². The van der Waals surface area contributed by atoms with Crippen LogP contribution in [0.1, 0.15) is 11.1 Å². The predicted molar refractivity (Wildman–Crippen MR) is 49.4 cm³/mol. The van der Waals surface area contributed by atoms with Crippen LogP contribution in [0.4, 0.5) is 0 Å². The van der Waals surface area contributed by atoms with Gasteiger partial charge in [0.15, 0.2) is 0 Å². The van der Waals surface area contributed by atoms with Gasteiger partial charge < -0.3 is 10.4 Å². The molecule has 1 aliphatic rings. The molecular formula is C9H11BNO. The number of benzene rings is 1. The van der Waals surface area contributed by atoms with E-state index in [-0.39, 0.29) is 0 Å². The van der Waals surface area contributed by atoms with Crippen LogP contribution in [0.2, 0.25) is 0 Å². The summed E-state index contributed by atoms with van der Waals surface area (Å²) in [5.74, 6) is 0. The van der Waals surface area contributed by atoms with E-state index in [4.69, 9.17) is 10.4 Å². The Bertz CT molecular complexity index is 288. The molecule has 0 fully saturated rings. The lowest BCUT2D eigenvalue weighted by Crippen LogP contribution is -2.13. The molecule has 0 aliphatic carbocycles. The monoisotopic (exact) mass is 160 g/mol. The Morgan fingerprint density at radius 1 is 1.50 bits per heavy atom. The van der Waals surface area contributed by atoms with E-state index in [9.17, 15) is 0 Å². The summed E-state index contributed by atoms with van der Waals surface area (Å²) in [5.41, 5.74) is 9.24. The molecular weight excluding hydrogens is 149 g/mol. The first kappa shape index (κ1) is 7.83. The second-order valence-corrected chi connectivity index (χ2v) is 3.00. The van der Waals surface area contributed by atoms with Crippen LogP contribution in [0.3, 0.4) is 0 Å². The summed E-state index contributed by atoms with van der Waals surface area (Å²) in [5, 5.41) is 0. The molecule has 2 rings (SSSR count). The van der Waals surface area contributed by atoms with Gasteiger partial charge in [-0.05, 0) is 29.6 Å². The fourth-order valence-electron chi connectivity index (χ4n) is 1.43. The van der Waals surface area contributed by atoms with Gasteiger partial charge in [0.1, 0.15) is 0 Å². The van der Waals surface area contributed by atoms with Crippen molar-refractivity contribution in [2.24, 2.45) is 5.73 Å². The molecule has 0 bridgehead atoms. The zero-order valence-electron chi connectivity index (χ0n) is 6.92. The van der Waals surface area contributed by atoms with Crippen LogP contribution in [0.15, 0.2) is 18.2 Å². The lowest BCUT2D eigenvalue weighted by Gasteiger charge is -2.01. The third kappa shape index (κ3) is 1.38. The molecule has 0 aromatic heterocycles. The normalized spacial score (nSPS) is 14.1. The highest BCUT2D eigenvalue weighted by Gasteiger charge is 2.12. The fourth-order valence-corrected chi connectivity index (χ4v) is 1.43. The molecule has 0 saturated carbocycles. The average Bonchev–Trinajstić information content (AvgIpc) is 2.51. The molecule has 1 aliphatic heterocycles. The Balaban J connectivity index is 2.26. The van der Waals surface area contributed by atoms with Crippen LogP contribution in [0, 0.1) is 0 Å². The van der Waals surface area contributed by atoms with Gasteiger partial charge in [0.25, 0.3) is 0 Å². The van der Waals surface area contributed by atoms with Crippen molar-refractivity contribution in [3.05, 3.63) is 29.3 Å². The average molecular weight is 160 g/mol. The zero-order chi connectivity index (χ0) is 8.39. The van der Waals surface area contributed by atoms with Crippen LogP contribution >= 0.6 is 0 Å². The SMILES string of the molecule is NCCc1ccc2c(c1)[B]OC2. The molecule has 61 valence electrons. The smallest absolute Gasteiger partial charge is 0.330 e. The maximum atomic E-state index is 5.46. The van der Waals surface area contributed by atoms with Crippen molar-refractivity contribution < 1.29 is 4.65 Å². The van der Waals surface area contributed by atoms with Crippen molar-refractivity contribution in [1.82, 2.24) is 0 Å². The minimum absolute atomic E-state index is 0.708. The molecule has 0 atom stereocenters. The predicted octanol–water partition coefficient (Wildman–Crippen LogP) is -0.0375. The maximum Gasteiger partial charge on any atom is 0.330 e. The number of hydrogen-bond donors (Lipinski definition) is 1. The van der Waals surface area contributed by atoms with Crippen LogP contribution in [-0.2, 0) is 17.7 Å². The van der Waals surface area contributed by atoms with Crippen LogP contribution in [-0.4, -0.2) is 14.0 Å². The van der Waals surface area contributed by atoms with E-state index >= 15 is 0 Å². The second kappa shape index (κ2) is 3.29. The molecule has 1 aromatic carbocycles. The Hall–Kier alpha value is -0.795. The first-order chi connectivity index (χ1) is 5.90. The Morgan fingerprint density at radius 2 is 2.42 bits per heavy atom. The minimum atomic E-state index is 0.708. The molecule has 1 heterocycles. The molecule has 2 nitrogen and oxygen atoms in total. The van der Waals surface area contributed by atoms with E-state index in [0.717, 1.165) is 13.0 Å². The highest BCUT2D eigenvalue weighted by Crippen LogP contribution is 2.08. The third-order valence-electron chi connectivity index (χ3n) is 2.09. The van der Waals surface area contributed by atoms with Crippen LogP contribution in [0.25, 0.3) is 0 Å².